The second-order valence-corrected chi connectivity index (χ2v) is 13.4. The SMILES string of the molecule is O=C(NC1(C(=O)N2CCC3C2C(=O)CN3S(=O)(=O)c2ccccn2)CCCCC1)c1ccc(-c2cccs2)cc1. The molecule has 3 aromatic rings. The number of pyridine rings is 1. The van der Waals surface area contributed by atoms with E-state index in [1.807, 2.05) is 29.6 Å². The highest BCUT2D eigenvalue weighted by molar-refractivity contribution is 7.89. The smallest absolute Gasteiger partial charge is 0.261 e. The van der Waals surface area contributed by atoms with E-state index in [0.29, 0.717) is 24.8 Å². The number of carbonyl (C=O) groups excluding carboxylic acids is 3. The normalized spacial score (nSPS) is 22.7. The van der Waals surface area contributed by atoms with Crippen molar-refractivity contribution in [2.24, 2.45) is 0 Å². The molecule has 208 valence electrons. The van der Waals surface area contributed by atoms with E-state index in [-0.39, 0.29) is 35.7 Å². The van der Waals surface area contributed by atoms with Gasteiger partial charge in [0, 0.05) is 23.2 Å². The Kier molecular flexibility index (Phi) is 7.05. The second-order valence-electron chi connectivity index (χ2n) is 10.6. The van der Waals surface area contributed by atoms with E-state index in [9.17, 15) is 22.8 Å². The molecule has 1 N–H and O–H groups in total. The van der Waals surface area contributed by atoms with Crippen molar-refractivity contribution in [1.29, 1.82) is 0 Å². The van der Waals surface area contributed by atoms with Gasteiger partial charge < -0.3 is 10.2 Å². The van der Waals surface area contributed by atoms with E-state index in [2.05, 4.69) is 10.3 Å². The minimum absolute atomic E-state index is 0.116. The molecule has 3 aliphatic rings. The van der Waals surface area contributed by atoms with Crippen molar-refractivity contribution < 1.29 is 22.8 Å². The molecule has 4 heterocycles. The molecule has 1 aromatic carbocycles. The molecule has 0 spiro atoms. The third kappa shape index (κ3) is 4.65. The van der Waals surface area contributed by atoms with Gasteiger partial charge in [-0.15, -0.1) is 11.3 Å². The fourth-order valence-corrected chi connectivity index (χ4v) is 8.57. The first-order valence-electron chi connectivity index (χ1n) is 13.5. The first-order chi connectivity index (χ1) is 19.3. The summed E-state index contributed by atoms with van der Waals surface area (Å²) in [6.45, 7) is -0.0464. The van der Waals surface area contributed by atoms with Crippen LogP contribution in [0.1, 0.15) is 48.9 Å². The van der Waals surface area contributed by atoms with Crippen LogP contribution in [-0.2, 0) is 19.6 Å². The number of ketones is 1. The number of aromatic nitrogens is 1. The molecule has 11 heteroatoms. The van der Waals surface area contributed by atoms with Gasteiger partial charge in [-0.1, -0.05) is 43.5 Å². The molecule has 2 aromatic heterocycles. The average Bonchev–Trinajstić information content (AvgIpc) is 3.73. The Labute approximate surface area is 237 Å². The quantitative estimate of drug-likeness (QED) is 0.479. The van der Waals surface area contributed by atoms with Crippen molar-refractivity contribution in [2.75, 3.05) is 13.1 Å². The number of benzene rings is 1. The Morgan fingerprint density at radius 3 is 2.45 bits per heavy atom. The van der Waals surface area contributed by atoms with Crippen LogP contribution in [0.3, 0.4) is 0 Å². The summed E-state index contributed by atoms with van der Waals surface area (Å²) in [5.74, 6) is -0.939. The number of sulfonamides is 1. The number of likely N-dealkylation sites (tertiary alicyclic amines) is 1. The van der Waals surface area contributed by atoms with Crippen molar-refractivity contribution in [3.05, 3.63) is 71.7 Å². The van der Waals surface area contributed by atoms with Crippen molar-refractivity contribution in [2.45, 2.75) is 61.2 Å². The summed E-state index contributed by atoms with van der Waals surface area (Å²) in [4.78, 5) is 47.4. The molecule has 6 rings (SSSR count). The fourth-order valence-electron chi connectivity index (χ4n) is 6.28. The standard InChI is InChI=1S/C29H30N4O5S2/c34-23-19-33(40(37,38)25-8-2-5-16-30-25)22-13-17-32(26(22)23)28(36)29(14-3-1-4-15-29)31-27(35)21-11-9-20(10-12-21)24-7-6-18-39-24/h2,5-12,16,18,22,26H,1,3-4,13-15,17,19H2,(H,31,35). The summed E-state index contributed by atoms with van der Waals surface area (Å²) in [5.41, 5.74) is 0.342. The lowest BCUT2D eigenvalue weighted by atomic mass is 9.80. The Balaban J connectivity index is 1.23. The van der Waals surface area contributed by atoms with Crippen LogP contribution in [0.15, 0.2) is 71.2 Å². The molecule has 2 unspecified atom stereocenters. The second kappa shape index (κ2) is 10.5. The largest absolute Gasteiger partial charge is 0.338 e. The Hall–Kier alpha value is -3.41. The number of Topliss-reactive ketones (excluding diaryl/α,β-unsaturated/α-hetero) is 1. The van der Waals surface area contributed by atoms with Gasteiger partial charge in [-0.05, 0) is 60.5 Å². The minimum Gasteiger partial charge on any atom is -0.338 e. The minimum atomic E-state index is -4.00. The van der Waals surface area contributed by atoms with Crippen LogP contribution in [0.25, 0.3) is 10.4 Å². The Morgan fingerprint density at radius 2 is 1.77 bits per heavy atom. The molecule has 3 fully saturated rings. The van der Waals surface area contributed by atoms with Gasteiger partial charge in [0.25, 0.3) is 15.9 Å². The zero-order chi connectivity index (χ0) is 27.9. The maximum atomic E-state index is 14.2. The predicted molar refractivity (Wildman–Crippen MR) is 150 cm³/mol. The van der Waals surface area contributed by atoms with E-state index in [1.165, 1.54) is 21.5 Å². The van der Waals surface area contributed by atoms with E-state index in [0.717, 1.165) is 29.7 Å². The van der Waals surface area contributed by atoms with Crippen LogP contribution < -0.4 is 5.32 Å². The molecule has 1 saturated carbocycles. The number of amides is 2. The number of thiophene rings is 1. The first-order valence-corrected chi connectivity index (χ1v) is 15.9. The summed E-state index contributed by atoms with van der Waals surface area (Å²) < 4.78 is 27.8. The van der Waals surface area contributed by atoms with Crippen LogP contribution in [-0.4, -0.2) is 70.9 Å². The van der Waals surface area contributed by atoms with E-state index >= 15 is 0 Å². The molecule has 2 amide bonds. The molecule has 2 saturated heterocycles. The Bertz CT molecular complexity index is 1520. The molecule has 9 nitrogen and oxygen atoms in total. The van der Waals surface area contributed by atoms with Gasteiger partial charge in [0.1, 0.15) is 11.6 Å². The van der Waals surface area contributed by atoms with Crippen LogP contribution >= 0.6 is 11.3 Å². The van der Waals surface area contributed by atoms with Crippen LogP contribution in [0.5, 0.6) is 0 Å². The lowest BCUT2D eigenvalue weighted by Gasteiger charge is -2.40. The van der Waals surface area contributed by atoms with Gasteiger partial charge in [-0.2, -0.15) is 4.31 Å². The van der Waals surface area contributed by atoms with Gasteiger partial charge in [-0.3, -0.25) is 14.4 Å². The Morgan fingerprint density at radius 1 is 1.00 bits per heavy atom. The van der Waals surface area contributed by atoms with Crippen molar-refractivity contribution in [3.8, 4) is 10.4 Å². The van der Waals surface area contributed by atoms with E-state index < -0.39 is 27.6 Å². The third-order valence-electron chi connectivity index (χ3n) is 8.27. The van der Waals surface area contributed by atoms with Crippen LogP contribution in [0.4, 0.5) is 0 Å². The molecule has 40 heavy (non-hydrogen) atoms. The van der Waals surface area contributed by atoms with Crippen molar-refractivity contribution in [1.82, 2.24) is 19.5 Å². The first kappa shape index (κ1) is 26.8. The number of fused-ring (bicyclic) bond motifs is 1. The fraction of sp³-hybridized carbons (Fsp3) is 0.379. The lowest BCUT2D eigenvalue weighted by Crippen LogP contribution is -2.62. The molecular formula is C29H30N4O5S2. The van der Waals surface area contributed by atoms with Gasteiger partial charge in [-0.25, -0.2) is 13.4 Å². The number of carbonyl (C=O) groups is 3. The molecule has 0 radical (unpaired) electrons. The number of hydrogen-bond donors (Lipinski definition) is 1. The highest BCUT2D eigenvalue weighted by atomic mass is 32.2. The van der Waals surface area contributed by atoms with E-state index in [4.69, 9.17) is 0 Å². The number of hydrogen-bond acceptors (Lipinski definition) is 7. The lowest BCUT2D eigenvalue weighted by molar-refractivity contribution is -0.143. The molecular weight excluding hydrogens is 548 g/mol. The summed E-state index contributed by atoms with van der Waals surface area (Å²) in [5, 5.41) is 4.94. The van der Waals surface area contributed by atoms with Crippen LogP contribution in [0.2, 0.25) is 0 Å². The number of rotatable bonds is 6. The molecule has 1 aliphatic carbocycles. The van der Waals surface area contributed by atoms with Gasteiger partial charge in [0.05, 0.1) is 12.6 Å². The van der Waals surface area contributed by atoms with Crippen LogP contribution in [0, 0.1) is 0 Å². The van der Waals surface area contributed by atoms with Gasteiger partial charge in [0.2, 0.25) is 5.91 Å². The predicted octanol–water partition coefficient (Wildman–Crippen LogP) is 3.49. The molecule has 2 aliphatic heterocycles. The summed E-state index contributed by atoms with van der Waals surface area (Å²) >= 11 is 1.62. The molecule has 2 atom stereocenters. The highest BCUT2D eigenvalue weighted by Gasteiger charge is 2.57. The maximum Gasteiger partial charge on any atom is 0.261 e. The monoisotopic (exact) mass is 578 g/mol. The van der Waals surface area contributed by atoms with Gasteiger partial charge >= 0.3 is 0 Å². The zero-order valence-electron chi connectivity index (χ0n) is 21.9. The number of nitrogens with one attached hydrogen (secondary N) is 1. The van der Waals surface area contributed by atoms with E-state index in [1.54, 1.807) is 35.6 Å². The average molecular weight is 579 g/mol. The van der Waals surface area contributed by atoms with Crippen molar-refractivity contribution >= 4 is 39.0 Å². The topological polar surface area (TPSA) is 117 Å². The molecule has 0 bridgehead atoms. The zero-order valence-corrected chi connectivity index (χ0v) is 23.5. The maximum absolute atomic E-state index is 14.2. The highest BCUT2D eigenvalue weighted by Crippen LogP contribution is 2.38. The summed E-state index contributed by atoms with van der Waals surface area (Å²) in [6, 6.07) is 14.4. The third-order valence-corrected chi connectivity index (χ3v) is 11.0. The number of nitrogens with zero attached hydrogens (tertiary/aromatic N) is 3. The summed E-state index contributed by atoms with van der Waals surface area (Å²) in [6.07, 6.45) is 5.21. The van der Waals surface area contributed by atoms with Gasteiger partial charge in [0.15, 0.2) is 10.8 Å². The van der Waals surface area contributed by atoms with Crippen molar-refractivity contribution in [3.63, 3.8) is 0 Å². The summed E-state index contributed by atoms with van der Waals surface area (Å²) in [7, 11) is -4.00.